The Morgan fingerprint density at radius 2 is 1.96 bits per heavy atom. The summed E-state index contributed by atoms with van der Waals surface area (Å²) in [4.78, 5) is 1.97. The fourth-order valence-corrected chi connectivity index (χ4v) is 3.47. The van der Waals surface area contributed by atoms with Crippen molar-refractivity contribution in [3.05, 3.63) is 24.3 Å². The minimum Gasteiger partial charge on any atom is -0.406 e. The summed E-state index contributed by atoms with van der Waals surface area (Å²) in [5.74, 6) is -0.564. The summed E-state index contributed by atoms with van der Waals surface area (Å²) >= 11 is 0. The summed E-state index contributed by atoms with van der Waals surface area (Å²) in [7, 11) is -3.87. The Kier molecular flexibility index (Phi) is 6.44. The number of piperazine rings is 1. The molecule has 2 rings (SSSR count). The summed E-state index contributed by atoms with van der Waals surface area (Å²) < 4.78 is 67.0. The van der Waals surface area contributed by atoms with Gasteiger partial charge < -0.3 is 15.0 Å². The van der Waals surface area contributed by atoms with Gasteiger partial charge in [0, 0.05) is 38.8 Å². The normalized spacial score (nSPS) is 17.0. The highest BCUT2D eigenvalue weighted by Gasteiger charge is 2.31. The summed E-state index contributed by atoms with van der Waals surface area (Å²) in [5.41, 5.74) is 0. The molecule has 1 aliphatic heterocycles. The zero-order valence-electron chi connectivity index (χ0n) is 13.0. The van der Waals surface area contributed by atoms with E-state index in [0.717, 1.165) is 44.9 Å². The average molecular weight is 367 g/mol. The third kappa shape index (κ3) is 6.27. The average Bonchev–Trinajstić information content (AvgIpc) is 2.51. The van der Waals surface area contributed by atoms with Crippen molar-refractivity contribution in [2.24, 2.45) is 0 Å². The molecule has 2 N–H and O–H groups in total. The zero-order chi connectivity index (χ0) is 17.6. The Hall–Kier alpha value is -1.36. The number of hydrogen-bond donors (Lipinski definition) is 2. The third-order valence-electron chi connectivity index (χ3n) is 3.50. The molecule has 1 aromatic carbocycles. The van der Waals surface area contributed by atoms with Crippen molar-refractivity contribution in [3.8, 4) is 5.75 Å². The lowest BCUT2D eigenvalue weighted by Crippen LogP contribution is -2.44. The summed E-state index contributed by atoms with van der Waals surface area (Å²) in [6.07, 6.45) is -4.24. The van der Waals surface area contributed by atoms with Crippen LogP contribution in [0.1, 0.15) is 6.42 Å². The monoisotopic (exact) mass is 367 g/mol. The van der Waals surface area contributed by atoms with Crippen LogP contribution in [0, 0.1) is 0 Å². The molecule has 1 aliphatic rings. The maximum Gasteiger partial charge on any atom is 0.573 e. The van der Waals surface area contributed by atoms with E-state index in [1.807, 2.05) is 0 Å². The number of nitrogens with zero attached hydrogens (tertiary/aromatic N) is 1. The van der Waals surface area contributed by atoms with Crippen molar-refractivity contribution in [2.45, 2.75) is 17.7 Å². The van der Waals surface area contributed by atoms with Crippen molar-refractivity contribution < 1.29 is 26.3 Å². The first-order chi connectivity index (χ1) is 11.3. The van der Waals surface area contributed by atoms with E-state index in [9.17, 15) is 21.6 Å². The highest BCUT2D eigenvalue weighted by atomic mass is 32.2. The fraction of sp³-hybridized carbons (Fsp3) is 0.571. The van der Waals surface area contributed by atoms with Crippen LogP contribution in [0.2, 0.25) is 0 Å². The van der Waals surface area contributed by atoms with Crippen LogP contribution < -0.4 is 14.8 Å². The summed E-state index contributed by atoms with van der Waals surface area (Å²) in [5, 5.41) is 3.23. The molecule has 24 heavy (non-hydrogen) atoms. The lowest BCUT2D eigenvalue weighted by Gasteiger charge is -2.27. The first-order valence-corrected chi connectivity index (χ1v) is 9.03. The number of rotatable bonds is 7. The number of sulfonamides is 1. The SMILES string of the molecule is O=S(=O)(NCCCN1CCNCC1)c1cccc(OC(F)(F)F)c1. The van der Waals surface area contributed by atoms with Crippen molar-refractivity contribution in [1.29, 1.82) is 0 Å². The first-order valence-electron chi connectivity index (χ1n) is 7.55. The molecule has 1 aromatic rings. The number of nitrogens with one attached hydrogen (secondary N) is 2. The van der Waals surface area contributed by atoms with E-state index in [-0.39, 0.29) is 11.4 Å². The number of halogens is 3. The van der Waals surface area contributed by atoms with E-state index >= 15 is 0 Å². The van der Waals surface area contributed by atoms with Gasteiger partial charge >= 0.3 is 6.36 Å². The van der Waals surface area contributed by atoms with Crippen LogP contribution in [0.4, 0.5) is 13.2 Å². The quantitative estimate of drug-likeness (QED) is 0.708. The Labute approximate surface area is 139 Å². The van der Waals surface area contributed by atoms with Gasteiger partial charge in [-0.15, -0.1) is 13.2 Å². The fourth-order valence-electron chi connectivity index (χ4n) is 2.37. The number of hydrogen-bond acceptors (Lipinski definition) is 5. The van der Waals surface area contributed by atoms with Crippen LogP contribution in [0.25, 0.3) is 0 Å². The van der Waals surface area contributed by atoms with E-state index < -0.39 is 22.1 Å². The molecule has 0 bridgehead atoms. The van der Waals surface area contributed by atoms with Gasteiger partial charge in [-0.2, -0.15) is 0 Å². The lowest BCUT2D eigenvalue weighted by molar-refractivity contribution is -0.274. The van der Waals surface area contributed by atoms with Crippen LogP contribution in [-0.4, -0.2) is 58.9 Å². The van der Waals surface area contributed by atoms with E-state index in [4.69, 9.17) is 0 Å². The van der Waals surface area contributed by atoms with E-state index in [0.29, 0.717) is 6.42 Å². The topological polar surface area (TPSA) is 70.7 Å². The van der Waals surface area contributed by atoms with E-state index in [1.54, 1.807) is 0 Å². The molecular formula is C14H20F3N3O3S. The summed E-state index contributed by atoms with van der Waals surface area (Å²) in [6, 6.07) is 4.33. The van der Waals surface area contributed by atoms with Crippen molar-refractivity contribution in [2.75, 3.05) is 39.3 Å². The van der Waals surface area contributed by atoms with Gasteiger partial charge in [-0.25, -0.2) is 13.1 Å². The molecule has 0 atom stereocenters. The minimum atomic E-state index is -4.86. The van der Waals surface area contributed by atoms with Gasteiger partial charge in [-0.3, -0.25) is 0 Å². The maximum atomic E-state index is 12.2. The molecular weight excluding hydrogens is 347 g/mol. The maximum absolute atomic E-state index is 12.2. The molecule has 0 aromatic heterocycles. The predicted octanol–water partition coefficient (Wildman–Crippen LogP) is 1.16. The van der Waals surface area contributed by atoms with Crippen LogP contribution >= 0.6 is 0 Å². The lowest BCUT2D eigenvalue weighted by atomic mass is 10.3. The molecule has 1 heterocycles. The Morgan fingerprint density at radius 1 is 1.25 bits per heavy atom. The minimum absolute atomic E-state index is 0.219. The third-order valence-corrected chi connectivity index (χ3v) is 4.96. The molecule has 0 spiro atoms. The van der Waals surface area contributed by atoms with Gasteiger partial charge in [0.05, 0.1) is 4.90 Å². The van der Waals surface area contributed by atoms with Crippen molar-refractivity contribution in [1.82, 2.24) is 14.9 Å². The largest absolute Gasteiger partial charge is 0.573 e. The van der Waals surface area contributed by atoms with Crippen LogP contribution in [0.15, 0.2) is 29.2 Å². The molecule has 0 saturated carbocycles. The van der Waals surface area contributed by atoms with Crippen LogP contribution in [0.3, 0.4) is 0 Å². The Morgan fingerprint density at radius 3 is 2.62 bits per heavy atom. The highest BCUT2D eigenvalue weighted by Crippen LogP contribution is 2.24. The highest BCUT2D eigenvalue weighted by molar-refractivity contribution is 7.89. The van der Waals surface area contributed by atoms with Gasteiger partial charge in [0.1, 0.15) is 5.75 Å². The molecule has 1 saturated heterocycles. The second kappa shape index (κ2) is 8.15. The number of ether oxygens (including phenoxy) is 1. The van der Waals surface area contributed by atoms with E-state index in [1.165, 1.54) is 12.1 Å². The van der Waals surface area contributed by atoms with E-state index in [2.05, 4.69) is 19.7 Å². The Balaban J connectivity index is 1.86. The molecule has 1 fully saturated rings. The standard InChI is InChI=1S/C14H20F3N3O3S/c15-14(16,17)23-12-3-1-4-13(11-12)24(21,22)19-5-2-8-20-9-6-18-7-10-20/h1,3-4,11,18-19H,2,5-10H2. The smallest absolute Gasteiger partial charge is 0.406 e. The molecule has 0 aliphatic carbocycles. The predicted molar refractivity (Wildman–Crippen MR) is 82.2 cm³/mol. The van der Waals surface area contributed by atoms with Crippen LogP contribution in [-0.2, 0) is 10.0 Å². The van der Waals surface area contributed by atoms with Crippen LogP contribution in [0.5, 0.6) is 5.75 Å². The van der Waals surface area contributed by atoms with Gasteiger partial charge in [-0.1, -0.05) is 6.07 Å². The number of benzene rings is 1. The number of alkyl halides is 3. The Bertz CT molecular complexity index is 632. The van der Waals surface area contributed by atoms with Crippen molar-refractivity contribution in [3.63, 3.8) is 0 Å². The molecule has 136 valence electrons. The van der Waals surface area contributed by atoms with Crippen molar-refractivity contribution >= 4 is 10.0 Å². The second-order valence-electron chi connectivity index (χ2n) is 5.37. The molecule has 0 unspecified atom stereocenters. The molecule has 0 radical (unpaired) electrons. The van der Waals surface area contributed by atoms with Gasteiger partial charge in [-0.05, 0) is 25.1 Å². The zero-order valence-corrected chi connectivity index (χ0v) is 13.8. The first kappa shape index (κ1) is 19.0. The molecule has 0 amide bonds. The van der Waals surface area contributed by atoms with Gasteiger partial charge in [0.2, 0.25) is 10.0 Å². The van der Waals surface area contributed by atoms with Gasteiger partial charge in [0.25, 0.3) is 0 Å². The van der Waals surface area contributed by atoms with Gasteiger partial charge in [0.15, 0.2) is 0 Å². The second-order valence-corrected chi connectivity index (χ2v) is 7.13. The molecule has 10 heteroatoms. The molecule has 6 nitrogen and oxygen atoms in total. The summed E-state index contributed by atoms with van der Waals surface area (Å²) in [6.45, 7) is 4.65.